The maximum atomic E-state index is 13.3. The molecule has 0 atom stereocenters. The fraction of sp³-hybridized carbons (Fsp3) is 0.118. The zero-order valence-electron chi connectivity index (χ0n) is 12.6. The lowest BCUT2D eigenvalue weighted by Gasteiger charge is -2.15. The van der Waals surface area contributed by atoms with Gasteiger partial charge in [0.1, 0.15) is 6.61 Å². The van der Waals surface area contributed by atoms with E-state index in [0.29, 0.717) is 16.3 Å². The summed E-state index contributed by atoms with van der Waals surface area (Å²) in [6, 6.07) is 16.1. The normalized spacial score (nSPS) is 12.4. The molecule has 1 N–H and O–H groups in total. The van der Waals surface area contributed by atoms with Gasteiger partial charge in [0.25, 0.3) is 0 Å². The van der Waals surface area contributed by atoms with Gasteiger partial charge in [-0.05, 0) is 27.6 Å². The Morgan fingerprint density at radius 3 is 1.96 bits per heavy atom. The van der Waals surface area contributed by atoms with E-state index in [4.69, 9.17) is 4.55 Å². The number of halogens is 2. The lowest BCUT2D eigenvalue weighted by molar-refractivity contribution is -0.162. The summed E-state index contributed by atoms with van der Waals surface area (Å²) in [6.07, 6.45) is 0. The van der Waals surface area contributed by atoms with E-state index in [1.54, 1.807) is 36.4 Å². The first-order valence-electron chi connectivity index (χ1n) is 7.13. The van der Waals surface area contributed by atoms with E-state index in [1.165, 1.54) is 0 Å². The fourth-order valence-electron chi connectivity index (χ4n) is 2.59. The molecule has 0 aliphatic carbocycles. The predicted molar refractivity (Wildman–Crippen MR) is 87.7 cm³/mol. The first-order valence-corrected chi connectivity index (χ1v) is 8.57. The van der Waals surface area contributed by atoms with Crippen molar-refractivity contribution in [1.29, 1.82) is 0 Å². The van der Waals surface area contributed by atoms with Crippen LogP contribution in [0, 0.1) is 0 Å². The van der Waals surface area contributed by atoms with Gasteiger partial charge in [0.05, 0.1) is 0 Å². The minimum Gasteiger partial charge on any atom is -0.455 e. The number of carbonyl (C=O) groups excluding carboxylic acids is 1. The lowest BCUT2D eigenvalue weighted by atomic mass is 9.97. The van der Waals surface area contributed by atoms with Crippen LogP contribution in [0.4, 0.5) is 8.78 Å². The predicted octanol–water partition coefficient (Wildman–Crippen LogP) is 3.52. The standard InChI is InChI=1S/C17H12F2O5S/c18-17(19,25(21,22)23)16(20)24-10-15-13-7-3-1-5-11(13)9-12-6-2-4-8-14(12)15/h1-9H,10H2,(H,21,22,23). The Kier molecular flexibility index (Phi) is 4.18. The Balaban J connectivity index is 2.04. The second kappa shape index (κ2) is 6.05. The van der Waals surface area contributed by atoms with Crippen LogP contribution in [-0.4, -0.2) is 24.2 Å². The third kappa shape index (κ3) is 3.06. The number of esters is 1. The Bertz CT molecular complexity index is 1020. The Labute approximate surface area is 141 Å². The van der Waals surface area contributed by atoms with Gasteiger partial charge in [-0.3, -0.25) is 4.55 Å². The van der Waals surface area contributed by atoms with Crippen LogP contribution in [0.25, 0.3) is 21.5 Å². The number of hydrogen-bond acceptors (Lipinski definition) is 4. The smallest absolute Gasteiger partial charge is 0.455 e. The van der Waals surface area contributed by atoms with Gasteiger partial charge in [-0.1, -0.05) is 48.5 Å². The molecule has 0 spiro atoms. The van der Waals surface area contributed by atoms with E-state index in [1.807, 2.05) is 18.2 Å². The average Bonchev–Trinajstić information content (AvgIpc) is 2.57. The summed E-state index contributed by atoms with van der Waals surface area (Å²) in [7, 11) is -5.90. The number of fused-ring (bicyclic) bond motifs is 2. The van der Waals surface area contributed by atoms with E-state index in [-0.39, 0.29) is 0 Å². The largest absolute Gasteiger partial charge is 0.465 e. The molecule has 0 fully saturated rings. The molecule has 0 heterocycles. The van der Waals surface area contributed by atoms with Crippen molar-refractivity contribution in [3.05, 3.63) is 60.2 Å². The molecule has 0 aromatic heterocycles. The highest BCUT2D eigenvalue weighted by Crippen LogP contribution is 2.30. The average molecular weight is 366 g/mol. The molecule has 0 aliphatic heterocycles. The monoisotopic (exact) mass is 366 g/mol. The molecule has 25 heavy (non-hydrogen) atoms. The molecule has 3 aromatic rings. The number of carbonyl (C=O) groups is 1. The summed E-state index contributed by atoms with van der Waals surface area (Å²) in [5, 5.41) is -2.02. The summed E-state index contributed by atoms with van der Waals surface area (Å²) < 4.78 is 60.9. The molecule has 8 heteroatoms. The third-order valence-electron chi connectivity index (χ3n) is 3.79. The number of rotatable bonds is 4. The SMILES string of the molecule is O=C(OCc1c2ccccc2cc2ccccc12)C(F)(F)S(=O)(=O)O. The zero-order chi connectivity index (χ0) is 18.2. The summed E-state index contributed by atoms with van der Waals surface area (Å²) in [5.41, 5.74) is 0.466. The lowest BCUT2D eigenvalue weighted by Crippen LogP contribution is -2.38. The van der Waals surface area contributed by atoms with Crippen molar-refractivity contribution in [2.75, 3.05) is 0 Å². The van der Waals surface area contributed by atoms with E-state index < -0.39 is 27.9 Å². The van der Waals surface area contributed by atoms with E-state index >= 15 is 0 Å². The number of hydrogen-bond donors (Lipinski definition) is 1. The molecule has 5 nitrogen and oxygen atoms in total. The van der Waals surface area contributed by atoms with E-state index in [9.17, 15) is 22.0 Å². The van der Waals surface area contributed by atoms with Crippen LogP contribution in [0.3, 0.4) is 0 Å². The van der Waals surface area contributed by atoms with Crippen molar-refractivity contribution in [2.45, 2.75) is 11.9 Å². The molecule has 0 amide bonds. The van der Waals surface area contributed by atoms with Gasteiger partial charge in [-0.25, -0.2) is 4.79 Å². The van der Waals surface area contributed by atoms with Gasteiger partial charge in [0.15, 0.2) is 0 Å². The maximum absolute atomic E-state index is 13.3. The zero-order valence-corrected chi connectivity index (χ0v) is 13.5. The molecular weight excluding hydrogens is 354 g/mol. The van der Waals surface area contributed by atoms with Crippen LogP contribution >= 0.6 is 0 Å². The number of alkyl halides is 2. The molecule has 0 saturated carbocycles. The van der Waals surface area contributed by atoms with Crippen LogP contribution in [0.15, 0.2) is 54.6 Å². The molecular formula is C17H12F2O5S. The van der Waals surface area contributed by atoms with Gasteiger partial charge < -0.3 is 4.74 Å². The van der Waals surface area contributed by atoms with Crippen molar-refractivity contribution < 1.29 is 31.3 Å². The highest BCUT2D eigenvalue weighted by molar-refractivity contribution is 7.87. The van der Waals surface area contributed by atoms with Crippen molar-refractivity contribution >= 4 is 37.6 Å². The molecule has 0 unspecified atom stereocenters. The van der Waals surface area contributed by atoms with Gasteiger partial charge >= 0.3 is 21.3 Å². The van der Waals surface area contributed by atoms with Crippen LogP contribution in [-0.2, 0) is 26.3 Å². The van der Waals surface area contributed by atoms with Crippen molar-refractivity contribution in [2.24, 2.45) is 0 Å². The minimum atomic E-state index is -5.90. The molecule has 0 radical (unpaired) electrons. The third-order valence-corrected chi connectivity index (χ3v) is 4.61. The summed E-state index contributed by atoms with van der Waals surface area (Å²) >= 11 is 0. The maximum Gasteiger partial charge on any atom is 0.465 e. The minimum absolute atomic E-state index is 0.466. The van der Waals surface area contributed by atoms with Crippen LogP contribution < -0.4 is 0 Å². The Morgan fingerprint density at radius 2 is 1.48 bits per heavy atom. The summed E-state index contributed by atoms with van der Waals surface area (Å²) in [6.45, 7) is -0.564. The molecule has 0 saturated heterocycles. The highest BCUT2D eigenvalue weighted by Gasteiger charge is 2.54. The van der Waals surface area contributed by atoms with Crippen LogP contribution in [0.2, 0.25) is 0 Å². The summed E-state index contributed by atoms with van der Waals surface area (Å²) in [5.74, 6) is -2.33. The fourth-order valence-corrected chi connectivity index (χ4v) is 2.86. The first kappa shape index (κ1) is 17.2. The highest BCUT2D eigenvalue weighted by atomic mass is 32.2. The molecule has 130 valence electrons. The van der Waals surface area contributed by atoms with Crippen molar-refractivity contribution in [1.82, 2.24) is 0 Å². The first-order chi connectivity index (χ1) is 11.7. The quantitative estimate of drug-likeness (QED) is 0.434. The molecule has 0 aliphatic rings. The summed E-state index contributed by atoms with van der Waals surface area (Å²) in [4.78, 5) is 11.4. The second-order valence-corrected chi connectivity index (χ2v) is 6.83. The molecule has 0 bridgehead atoms. The number of ether oxygens (including phenoxy) is 1. The van der Waals surface area contributed by atoms with Crippen LogP contribution in [0.5, 0.6) is 0 Å². The van der Waals surface area contributed by atoms with Gasteiger partial charge in [-0.2, -0.15) is 17.2 Å². The van der Waals surface area contributed by atoms with Gasteiger partial charge in [0.2, 0.25) is 0 Å². The molecule has 3 rings (SSSR count). The van der Waals surface area contributed by atoms with Gasteiger partial charge in [0, 0.05) is 5.56 Å². The van der Waals surface area contributed by atoms with Crippen molar-refractivity contribution in [3.63, 3.8) is 0 Å². The Morgan fingerprint density at radius 1 is 1.00 bits per heavy atom. The topological polar surface area (TPSA) is 80.7 Å². The number of benzene rings is 3. The van der Waals surface area contributed by atoms with Crippen LogP contribution in [0.1, 0.15) is 5.56 Å². The Hall–Kier alpha value is -2.58. The van der Waals surface area contributed by atoms with E-state index in [0.717, 1.165) is 10.8 Å². The van der Waals surface area contributed by atoms with Crippen molar-refractivity contribution in [3.8, 4) is 0 Å². The van der Waals surface area contributed by atoms with Gasteiger partial charge in [-0.15, -0.1) is 0 Å². The second-order valence-electron chi connectivity index (χ2n) is 5.37. The van der Waals surface area contributed by atoms with E-state index in [2.05, 4.69) is 4.74 Å². The molecule has 3 aromatic carbocycles.